The fourth-order valence-electron chi connectivity index (χ4n) is 1.79. The average Bonchev–Trinajstić information content (AvgIpc) is 2.65. The number of carbonyl (C=O) groups excluding carboxylic acids is 1. The lowest BCUT2D eigenvalue weighted by atomic mass is 10.2. The lowest BCUT2D eigenvalue weighted by molar-refractivity contribution is -0.138. The molecule has 96 valence electrons. The topological polar surface area (TPSA) is 29.5 Å². The first-order chi connectivity index (χ1) is 8.42. The van der Waals surface area contributed by atoms with Gasteiger partial charge in [-0.2, -0.15) is 0 Å². The van der Waals surface area contributed by atoms with E-state index in [-0.39, 0.29) is 0 Å². The van der Waals surface area contributed by atoms with E-state index in [1.165, 1.54) is 4.90 Å². The molecule has 0 radical (unpaired) electrons. The van der Waals surface area contributed by atoms with Gasteiger partial charge in [-0.15, -0.1) is 0 Å². The van der Waals surface area contributed by atoms with Crippen molar-refractivity contribution in [3.05, 3.63) is 42.1 Å². The third-order valence-electron chi connectivity index (χ3n) is 2.67. The van der Waals surface area contributed by atoms with E-state index in [0.29, 0.717) is 5.76 Å². The first-order valence-corrected chi connectivity index (χ1v) is 6.37. The van der Waals surface area contributed by atoms with Crippen molar-refractivity contribution in [2.45, 2.75) is 24.4 Å². The van der Waals surface area contributed by atoms with E-state index < -0.39 is 16.5 Å². The van der Waals surface area contributed by atoms with Crippen molar-refractivity contribution in [3.63, 3.8) is 0 Å². The quantitative estimate of drug-likeness (QED) is 0.780. The fraction of sp³-hybridized carbons (Fsp3) is 0.308. The van der Waals surface area contributed by atoms with Crippen molar-refractivity contribution < 1.29 is 9.53 Å². The Morgan fingerprint density at radius 1 is 1.28 bits per heavy atom. The molecule has 0 fully saturated rings. The van der Waals surface area contributed by atoms with Crippen molar-refractivity contribution in [2.75, 3.05) is 0 Å². The first kappa shape index (κ1) is 13.2. The monoisotopic (exact) mass is 285 g/mol. The molecule has 2 rings (SSSR count). The molecule has 0 unspecified atom stereocenters. The van der Waals surface area contributed by atoms with Gasteiger partial charge < -0.3 is 4.74 Å². The van der Waals surface area contributed by atoms with Crippen LogP contribution in [0.5, 0.6) is 0 Å². The number of rotatable bonds is 2. The highest BCUT2D eigenvalue weighted by Gasteiger charge is 2.40. The van der Waals surface area contributed by atoms with Crippen LogP contribution >= 0.6 is 23.2 Å². The number of carbonyl (C=O) groups is 1. The zero-order chi connectivity index (χ0) is 13.3. The summed E-state index contributed by atoms with van der Waals surface area (Å²) in [6.07, 6.45) is 1.63. The number of hydrogen-bond acceptors (Lipinski definition) is 2. The van der Waals surface area contributed by atoms with E-state index in [0.717, 1.165) is 5.56 Å². The summed E-state index contributed by atoms with van der Waals surface area (Å²) in [6.45, 7) is 3.57. The fourth-order valence-corrected chi connectivity index (χ4v) is 2.00. The Kier molecular flexibility index (Phi) is 3.55. The summed E-state index contributed by atoms with van der Waals surface area (Å²) in [7, 11) is 0. The SMILES string of the molecule is CC1(C)OC(c2ccccc2)=CN1C(=O)C(Cl)Cl. The van der Waals surface area contributed by atoms with Gasteiger partial charge in [-0.25, -0.2) is 0 Å². The number of halogens is 2. The van der Waals surface area contributed by atoms with Crippen molar-refractivity contribution in [1.82, 2.24) is 4.90 Å². The molecule has 1 heterocycles. The Hall–Kier alpha value is -1.19. The van der Waals surface area contributed by atoms with Crippen LogP contribution < -0.4 is 0 Å². The second-order valence-corrected chi connectivity index (χ2v) is 5.51. The van der Waals surface area contributed by atoms with Gasteiger partial charge in [0.05, 0.1) is 6.20 Å². The summed E-state index contributed by atoms with van der Waals surface area (Å²) in [5, 5.41) is 0. The minimum absolute atomic E-state index is 0.394. The van der Waals surface area contributed by atoms with Crippen LogP contribution in [-0.2, 0) is 9.53 Å². The molecule has 0 saturated heterocycles. The molecular formula is C13H13Cl2NO2. The zero-order valence-corrected chi connectivity index (χ0v) is 11.6. The highest BCUT2D eigenvalue weighted by Crippen LogP contribution is 2.34. The normalized spacial score (nSPS) is 17.6. The Balaban J connectivity index is 2.32. The zero-order valence-electron chi connectivity index (χ0n) is 10.1. The van der Waals surface area contributed by atoms with Crippen LogP contribution in [0.2, 0.25) is 0 Å². The van der Waals surface area contributed by atoms with E-state index in [1.54, 1.807) is 20.0 Å². The average molecular weight is 286 g/mol. The van der Waals surface area contributed by atoms with Gasteiger partial charge in [-0.1, -0.05) is 53.5 Å². The van der Waals surface area contributed by atoms with Gasteiger partial charge >= 0.3 is 0 Å². The summed E-state index contributed by atoms with van der Waals surface area (Å²) in [4.78, 5) is 12.2. The Morgan fingerprint density at radius 2 is 1.89 bits per heavy atom. The van der Waals surface area contributed by atoms with E-state index in [9.17, 15) is 4.79 Å². The highest BCUT2D eigenvalue weighted by molar-refractivity contribution is 6.53. The van der Waals surface area contributed by atoms with E-state index in [4.69, 9.17) is 27.9 Å². The lowest BCUT2D eigenvalue weighted by Gasteiger charge is -2.30. The van der Waals surface area contributed by atoms with Gasteiger partial charge in [0.15, 0.2) is 10.6 Å². The molecule has 18 heavy (non-hydrogen) atoms. The van der Waals surface area contributed by atoms with Crippen LogP contribution in [0.1, 0.15) is 19.4 Å². The summed E-state index contributed by atoms with van der Waals surface area (Å²) in [6, 6.07) is 9.55. The molecule has 0 N–H and O–H groups in total. The van der Waals surface area contributed by atoms with Crippen LogP contribution in [0.25, 0.3) is 5.76 Å². The standard InChI is InChI=1S/C13H13Cl2NO2/c1-13(2)16(12(17)11(14)15)8-10(18-13)9-6-4-3-5-7-9/h3-8,11H,1-2H3. The van der Waals surface area contributed by atoms with Crippen molar-refractivity contribution >= 4 is 34.9 Å². The maximum Gasteiger partial charge on any atom is 0.263 e. The van der Waals surface area contributed by atoms with Crippen LogP contribution in [0.15, 0.2) is 36.5 Å². The Labute approximate surface area is 116 Å². The molecule has 0 spiro atoms. The van der Waals surface area contributed by atoms with Crippen molar-refractivity contribution in [1.29, 1.82) is 0 Å². The van der Waals surface area contributed by atoms with Crippen LogP contribution in [-0.4, -0.2) is 21.4 Å². The molecule has 0 aliphatic carbocycles. The van der Waals surface area contributed by atoms with Gasteiger partial charge in [-0.3, -0.25) is 9.69 Å². The number of alkyl halides is 2. The minimum atomic E-state index is -1.10. The second-order valence-electron chi connectivity index (χ2n) is 4.42. The molecule has 1 aliphatic heterocycles. The van der Waals surface area contributed by atoms with Gasteiger partial charge in [0.25, 0.3) is 5.91 Å². The Morgan fingerprint density at radius 3 is 2.44 bits per heavy atom. The van der Waals surface area contributed by atoms with Gasteiger partial charge in [0, 0.05) is 5.56 Å². The molecule has 0 bridgehead atoms. The van der Waals surface area contributed by atoms with E-state index in [2.05, 4.69) is 0 Å². The smallest absolute Gasteiger partial charge is 0.263 e. The van der Waals surface area contributed by atoms with E-state index >= 15 is 0 Å². The van der Waals surface area contributed by atoms with Crippen LogP contribution in [0.4, 0.5) is 0 Å². The van der Waals surface area contributed by atoms with Crippen molar-refractivity contribution in [2.24, 2.45) is 0 Å². The van der Waals surface area contributed by atoms with E-state index in [1.807, 2.05) is 30.3 Å². The van der Waals surface area contributed by atoms with Crippen LogP contribution in [0, 0.1) is 0 Å². The lowest BCUT2D eigenvalue weighted by Crippen LogP contribution is -2.44. The second kappa shape index (κ2) is 4.82. The molecule has 1 aliphatic rings. The summed E-state index contributed by atoms with van der Waals surface area (Å²) in [5.74, 6) is 0.234. The number of nitrogens with zero attached hydrogens (tertiary/aromatic N) is 1. The third-order valence-corrected chi connectivity index (χ3v) is 3.04. The maximum atomic E-state index is 11.9. The molecule has 1 amide bonds. The largest absolute Gasteiger partial charge is 0.466 e. The molecular weight excluding hydrogens is 273 g/mol. The van der Waals surface area contributed by atoms with Crippen LogP contribution in [0.3, 0.4) is 0 Å². The third kappa shape index (κ3) is 2.47. The van der Waals surface area contributed by atoms with Crippen molar-refractivity contribution in [3.8, 4) is 0 Å². The van der Waals surface area contributed by atoms with Gasteiger partial charge in [-0.05, 0) is 13.8 Å². The van der Waals surface area contributed by atoms with Gasteiger partial charge in [0.2, 0.25) is 0 Å². The first-order valence-electron chi connectivity index (χ1n) is 5.49. The maximum absolute atomic E-state index is 11.9. The molecule has 0 aromatic heterocycles. The number of hydrogen-bond donors (Lipinski definition) is 0. The predicted octanol–water partition coefficient (Wildman–Crippen LogP) is 3.38. The molecule has 0 saturated carbocycles. The van der Waals surface area contributed by atoms with Gasteiger partial charge in [0.1, 0.15) is 5.76 Å². The summed E-state index contributed by atoms with van der Waals surface area (Å²) < 4.78 is 5.77. The molecule has 1 aromatic rings. The molecule has 0 atom stereocenters. The number of ether oxygens (including phenoxy) is 1. The number of amides is 1. The Bertz CT molecular complexity index is 483. The minimum Gasteiger partial charge on any atom is -0.466 e. The number of benzene rings is 1. The molecule has 3 nitrogen and oxygen atoms in total. The molecule has 5 heteroatoms. The summed E-state index contributed by atoms with van der Waals surface area (Å²) >= 11 is 11.2. The molecule has 1 aromatic carbocycles. The predicted molar refractivity (Wildman–Crippen MR) is 71.9 cm³/mol. The highest BCUT2D eigenvalue weighted by atomic mass is 35.5. The summed E-state index contributed by atoms with van der Waals surface area (Å²) in [5.41, 5.74) is 0.117.